The average Bonchev–Trinajstić information content (AvgIpc) is 3.29. The van der Waals surface area contributed by atoms with Crippen molar-refractivity contribution in [1.29, 1.82) is 0 Å². The minimum absolute atomic E-state index is 0.0432. The van der Waals surface area contributed by atoms with E-state index in [0.717, 1.165) is 5.56 Å². The molecule has 4 aromatic rings. The molecule has 0 saturated carbocycles. The molecule has 0 radical (unpaired) electrons. The van der Waals surface area contributed by atoms with E-state index in [2.05, 4.69) is 19.8 Å². The summed E-state index contributed by atoms with van der Waals surface area (Å²) < 4.78 is 44.4. The highest BCUT2D eigenvalue weighted by molar-refractivity contribution is 7.92. The first-order chi connectivity index (χ1) is 15.5. The second-order valence-corrected chi connectivity index (χ2v) is 8.39. The Labute approximate surface area is 185 Å². The number of nitrogens with one attached hydrogen (secondary N) is 1. The van der Waals surface area contributed by atoms with E-state index in [1.54, 1.807) is 36.7 Å². The zero-order valence-electron chi connectivity index (χ0n) is 17.3. The number of pyridine rings is 1. The van der Waals surface area contributed by atoms with Gasteiger partial charge in [0.1, 0.15) is 0 Å². The summed E-state index contributed by atoms with van der Waals surface area (Å²) in [5.41, 5.74) is 1.81. The van der Waals surface area contributed by atoms with Crippen LogP contribution in [0, 0.1) is 0 Å². The van der Waals surface area contributed by atoms with Crippen LogP contribution >= 0.6 is 0 Å². The van der Waals surface area contributed by atoms with E-state index >= 15 is 0 Å². The van der Waals surface area contributed by atoms with Crippen molar-refractivity contribution in [3.8, 4) is 22.9 Å². The van der Waals surface area contributed by atoms with E-state index in [1.807, 2.05) is 12.1 Å². The molecule has 0 fully saturated rings. The molecule has 1 N–H and O–H groups in total. The van der Waals surface area contributed by atoms with Crippen LogP contribution < -0.4 is 14.2 Å². The molecule has 0 spiro atoms. The summed E-state index contributed by atoms with van der Waals surface area (Å²) in [6.07, 6.45) is 3.54. The Morgan fingerprint density at radius 1 is 1.00 bits per heavy atom. The first-order valence-electron chi connectivity index (χ1n) is 9.56. The average molecular weight is 452 g/mol. The number of hydrogen-bond donors (Lipinski definition) is 1. The minimum Gasteiger partial charge on any atom is -0.493 e. The van der Waals surface area contributed by atoms with Crippen molar-refractivity contribution in [2.24, 2.45) is 0 Å². The zero-order valence-corrected chi connectivity index (χ0v) is 18.2. The van der Waals surface area contributed by atoms with Gasteiger partial charge in [-0.25, -0.2) is 8.42 Å². The van der Waals surface area contributed by atoms with E-state index in [9.17, 15) is 8.42 Å². The summed E-state index contributed by atoms with van der Waals surface area (Å²) in [5, 5.41) is 3.98. The van der Waals surface area contributed by atoms with Crippen LogP contribution in [0.5, 0.6) is 11.5 Å². The molecule has 0 amide bonds. The minimum atomic E-state index is -3.88. The number of aromatic nitrogens is 3. The SMILES string of the molecule is COc1ccc(S(=O)(=O)Nc2ccccc2Cc2nc(-c3cccnc3)no2)cc1OC. The van der Waals surface area contributed by atoms with Gasteiger partial charge in [-0.3, -0.25) is 9.71 Å². The highest BCUT2D eigenvalue weighted by Gasteiger charge is 2.19. The highest BCUT2D eigenvalue weighted by Crippen LogP contribution is 2.31. The third-order valence-electron chi connectivity index (χ3n) is 4.66. The number of benzene rings is 2. The lowest BCUT2D eigenvalue weighted by Crippen LogP contribution is -2.14. The van der Waals surface area contributed by atoms with Gasteiger partial charge < -0.3 is 14.0 Å². The maximum atomic E-state index is 13.0. The molecule has 32 heavy (non-hydrogen) atoms. The molecule has 0 aliphatic rings. The molecule has 0 aliphatic carbocycles. The third-order valence-corrected chi connectivity index (χ3v) is 6.02. The fraction of sp³-hybridized carbons (Fsp3) is 0.136. The number of anilines is 1. The summed E-state index contributed by atoms with van der Waals surface area (Å²) in [6.45, 7) is 0. The molecule has 10 heteroatoms. The largest absolute Gasteiger partial charge is 0.493 e. The van der Waals surface area contributed by atoms with E-state index in [1.165, 1.54) is 32.4 Å². The Morgan fingerprint density at radius 2 is 1.81 bits per heavy atom. The van der Waals surface area contributed by atoms with E-state index < -0.39 is 10.0 Å². The predicted molar refractivity (Wildman–Crippen MR) is 117 cm³/mol. The molecular formula is C22H20N4O5S. The molecular weight excluding hydrogens is 432 g/mol. The number of ether oxygens (including phenoxy) is 2. The van der Waals surface area contributed by atoms with Crippen molar-refractivity contribution < 1.29 is 22.4 Å². The van der Waals surface area contributed by atoms with Crippen LogP contribution in [0.25, 0.3) is 11.4 Å². The van der Waals surface area contributed by atoms with E-state index in [4.69, 9.17) is 14.0 Å². The summed E-state index contributed by atoms with van der Waals surface area (Å²) in [6, 6.07) is 15.0. The molecule has 0 aliphatic heterocycles. The second-order valence-electron chi connectivity index (χ2n) is 6.71. The number of rotatable bonds is 8. The van der Waals surface area contributed by atoms with E-state index in [-0.39, 0.29) is 11.3 Å². The van der Waals surface area contributed by atoms with Gasteiger partial charge >= 0.3 is 0 Å². The van der Waals surface area contributed by atoms with E-state index in [0.29, 0.717) is 34.5 Å². The van der Waals surface area contributed by atoms with Crippen LogP contribution in [0.4, 0.5) is 5.69 Å². The van der Waals surface area contributed by atoms with Crippen LogP contribution in [-0.2, 0) is 16.4 Å². The van der Waals surface area contributed by atoms with Crippen molar-refractivity contribution in [2.45, 2.75) is 11.3 Å². The Hall–Kier alpha value is -3.92. The van der Waals surface area contributed by atoms with Crippen LogP contribution in [0.1, 0.15) is 11.5 Å². The number of hydrogen-bond acceptors (Lipinski definition) is 8. The van der Waals surface area contributed by atoms with Crippen LogP contribution in [-0.4, -0.2) is 37.8 Å². The van der Waals surface area contributed by atoms with Crippen molar-refractivity contribution in [1.82, 2.24) is 15.1 Å². The first kappa shape index (κ1) is 21.3. The van der Waals surface area contributed by atoms with Gasteiger partial charge in [0.05, 0.1) is 31.2 Å². The van der Waals surface area contributed by atoms with Crippen LogP contribution in [0.2, 0.25) is 0 Å². The molecule has 0 saturated heterocycles. The van der Waals surface area contributed by atoms with Gasteiger partial charge in [-0.2, -0.15) is 4.98 Å². The third kappa shape index (κ3) is 4.54. The predicted octanol–water partition coefficient (Wildman–Crippen LogP) is 3.54. The molecule has 2 aromatic carbocycles. The normalized spacial score (nSPS) is 11.2. The Balaban J connectivity index is 1.58. The smallest absolute Gasteiger partial charge is 0.262 e. The molecule has 2 aromatic heterocycles. The number of nitrogens with zero attached hydrogens (tertiary/aromatic N) is 3. The van der Waals surface area contributed by atoms with Gasteiger partial charge in [0.25, 0.3) is 10.0 Å². The lowest BCUT2D eigenvalue weighted by Gasteiger charge is -2.13. The molecule has 164 valence electrons. The van der Waals surface area contributed by atoms with Crippen molar-refractivity contribution in [3.63, 3.8) is 0 Å². The maximum Gasteiger partial charge on any atom is 0.262 e. The fourth-order valence-corrected chi connectivity index (χ4v) is 4.18. The van der Waals surface area contributed by atoms with Crippen LogP contribution in [0.3, 0.4) is 0 Å². The maximum absolute atomic E-state index is 13.0. The van der Waals surface area contributed by atoms with Crippen LogP contribution in [0.15, 0.2) is 76.4 Å². The summed E-state index contributed by atoms with van der Waals surface area (Å²) in [4.78, 5) is 8.48. The van der Waals surface area contributed by atoms with Gasteiger partial charge in [0.2, 0.25) is 11.7 Å². The Bertz CT molecular complexity index is 1320. The van der Waals surface area contributed by atoms with Crippen molar-refractivity contribution >= 4 is 15.7 Å². The molecule has 2 heterocycles. The van der Waals surface area contributed by atoms with Gasteiger partial charge in [-0.05, 0) is 35.9 Å². The number of sulfonamides is 1. The monoisotopic (exact) mass is 452 g/mol. The molecule has 4 rings (SSSR count). The first-order valence-corrected chi connectivity index (χ1v) is 11.0. The quantitative estimate of drug-likeness (QED) is 0.431. The van der Waals surface area contributed by atoms with Gasteiger partial charge in [-0.15, -0.1) is 0 Å². The molecule has 0 unspecified atom stereocenters. The zero-order chi connectivity index (χ0) is 22.6. The summed E-state index contributed by atoms with van der Waals surface area (Å²) >= 11 is 0. The highest BCUT2D eigenvalue weighted by atomic mass is 32.2. The fourth-order valence-electron chi connectivity index (χ4n) is 3.06. The number of methoxy groups -OCH3 is 2. The number of para-hydroxylation sites is 1. The molecule has 9 nitrogen and oxygen atoms in total. The lowest BCUT2D eigenvalue weighted by atomic mass is 10.1. The lowest BCUT2D eigenvalue weighted by molar-refractivity contribution is 0.354. The standard InChI is InChI=1S/C22H20N4O5S/c1-29-19-10-9-17(13-20(19)30-2)32(27,28)26-18-8-4-3-6-15(18)12-21-24-22(25-31-21)16-7-5-11-23-14-16/h3-11,13-14,26H,12H2,1-2H3. The van der Waals surface area contributed by atoms with Crippen molar-refractivity contribution in [2.75, 3.05) is 18.9 Å². The van der Waals surface area contributed by atoms with Crippen molar-refractivity contribution in [3.05, 3.63) is 78.4 Å². The van der Waals surface area contributed by atoms with Gasteiger partial charge in [-0.1, -0.05) is 23.4 Å². The summed E-state index contributed by atoms with van der Waals surface area (Å²) in [5.74, 6) is 1.52. The molecule has 0 atom stereocenters. The second kappa shape index (κ2) is 9.06. The van der Waals surface area contributed by atoms with Gasteiger partial charge in [0.15, 0.2) is 11.5 Å². The molecule has 0 bridgehead atoms. The Kier molecular flexibility index (Phi) is 6.04. The Morgan fingerprint density at radius 3 is 2.56 bits per heavy atom. The topological polar surface area (TPSA) is 116 Å². The van der Waals surface area contributed by atoms with Gasteiger partial charge in [0, 0.05) is 24.0 Å². The summed E-state index contributed by atoms with van der Waals surface area (Å²) in [7, 11) is -0.954.